The van der Waals surface area contributed by atoms with Crippen molar-refractivity contribution in [2.45, 2.75) is 26.8 Å². The summed E-state index contributed by atoms with van der Waals surface area (Å²) >= 11 is 0. The highest BCUT2D eigenvalue weighted by Crippen LogP contribution is 2.36. The Bertz CT molecular complexity index is 924. The summed E-state index contributed by atoms with van der Waals surface area (Å²) < 4.78 is 0. The Morgan fingerprint density at radius 2 is 1.44 bits per heavy atom. The number of nitrogens with zero attached hydrogens (tertiary/aromatic N) is 3. The van der Waals surface area contributed by atoms with Crippen molar-refractivity contribution in [3.63, 3.8) is 0 Å². The molecule has 2 aromatic rings. The molecule has 27 heavy (non-hydrogen) atoms. The molecule has 5 nitrogen and oxygen atoms in total. The zero-order valence-corrected chi connectivity index (χ0v) is 15.4. The Balaban J connectivity index is 1.64. The van der Waals surface area contributed by atoms with Gasteiger partial charge >= 0.3 is 0 Å². The van der Waals surface area contributed by atoms with E-state index in [1.807, 2.05) is 68.4 Å². The molecule has 2 aliphatic rings. The Hall–Kier alpha value is -3.08. The fourth-order valence-corrected chi connectivity index (χ4v) is 3.96. The van der Waals surface area contributed by atoms with E-state index in [4.69, 9.17) is 9.98 Å². The second-order valence-corrected chi connectivity index (χ2v) is 7.09. The van der Waals surface area contributed by atoms with Crippen molar-refractivity contribution < 1.29 is 9.59 Å². The number of carbonyl (C=O) groups excluding carboxylic acids is 2. The number of hydrogen-bond acceptors (Lipinski definition) is 4. The summed E-state index contributed by atoms with van der Waals surface area (Å²) in [7, 11) is 0. The third-order valence-corrected chi connectivity index (χ3v) is 5.24. The standard InChI is InChI=1S/C22H21N3O2/c1-14-21(15(2)24-19-11-7-6-10-18(19)23-14)17-12-20(26)25(22(17)27)13-16-8-4-3-5-9-16/h3-11,17,21H,12-13H2,1-2H3. The van der Waals surface area contributed by atoms with Crippen LogP contribution in [0.3, 0.4) is 0 Å². The molecular weight excluding hydrogens is 338 g/mol. The second kappa shape index (κ2) is 6.91. The van der Waals surface area contributed by atoms with Crippen LogP contribution in [0, 0.1) is 11.8 Å². The van der Waals surface area contributed by atoms with E-state index in [1.54, 1.807) is 0 Å². The van der Waals surface area contributed by atoms with E-state index in [0.29, 0.717) is 6.54 Å². The van der Waals surface area contributed by atoms with E-state index in [9.17, 15) is 9.59 Å². The second-order valence-electron chi connectivity index (χ2n) is 7.09. The molecule has 5 heteroatoms. The summed E-state index contributed by atoms with van der Waals surface area (Å²) in [6.07, 6.45) is 0.201. The minimum absolute atomic E-state index is 0.129. The van der Waals surface area contributed by atoms with Crippen LogP contribution in [0.25, 0.3) is 0 Å². The van der Waals surface area contributed by atoms with E-state index < -0.39 is 5.92 Å². The van der Waals surface area contributed by atoms with Gasteiger partial charge < -0.3 is 0 Å². The van der Waals surface area contributed by atoms with Gasteiger partial charge in [0.25, 0.3) is 0 Å². The van der Waals surface area contributed by atoms with Gasteiger partial charge in [-0.25, -0.2) is 0 Å². The number of fused-ring (bicyclic) bond motifs is 1. The SMILES string of the molecule is CC1=Nc2ccccc2N=C(C)C1C1CC(=O)N(Cc2ccccc2)C1=O. The molecule has 4 rings (SSSR count). The van der Waals surface area contributed by atoms with Crippen LogP contribution in [0.4, 0.5) is 11.4 Å². The highest BCUT2D eigenvalue weighted by molar-refractivity contribution is 6.15. The molecule has 2 aromatic carbocycles. The highest BCUT2D eigenvalue weighted by Gasteiger charge is 2.45. The van der Waals surface area contributed by atoms with Gasteiger partial charge in [0, 0.05) is 23.8 Å². The highest BCUT2D eigenvalue weighted by atomic mass is 16.2. The van der Waals surface area contributed by atoms with E-state index in [0.717, 1.165) is 28.4 Å². The molecular formula is C22H21N3O2. The van der Waals surface area contributed by atoms with E-state index in [-0.39, 0.29) is 24.2 Å². The fourth-order valence-electron chi connectivity index (χ4n) is 3.96. The maximum atomic E-state index is 13.1. The van der Waals surface area contributed by atoms with Crippen molar-refractivity contribution in [1.82, 2.24) is 4.90 Å². The number of carbonyl (C=O) groups is 2. The number of para-hydroxylation sites is 2. The third kappa shape index (κ3) is 3.21. The molecule has 0 aromatic heterocycles. The van der Waals surface area contributed by atoms with Gasteiger partial charge in [-0.15, -0.1) is 0 Å². The molecule has 0 N–H and O–H groups in total. The van der Waals surface area contributed by atoms with E-state index >= 15 is 0 Å². The zero-order chi connectivity index (χ0) is 19.0. The maximum absolute atomic E-state index is 13.1. The van der Waals surface area contributed by atoms with Gasteiger partial charge in [-0.2, -0.15) is 0 Å². The van der Waals surface area contributed by atoms with Gasteiger partial charge in [-0.1, -0.05) is 42.5 Å². The maximum Gasteiger partial charge on any atom is 0.234 e. The van der Waals surface area contributed by atoms with Gasteiger partial charge in [-0.05, 0) is 31.5 Å². The average Bonchev–Trinajstić information content (AvgIpc) is 2.84. The van der Waals surface area contributed by atoms with Gasteiger partial charge in [-0.3, -0.25) is 24.5 Å². The van der Waals surface area contributed by atoms with Crippen molar-refractivity contribution >= 4 is 34.6 Å². The molecule has 0 spiro atoms. The van der Waals surface area contributed by atoms with E-state index in [2.05, 4.69) is 0 Å². The Kier molecular flexibility index (Phi) is 4.44. The van der Waals surface area contributed by atoms with Crippen molar-refractivity contribution in [1.29, 1.82) is 0 Å². The lowest BCUT2D eigenvalue weighted by atomic mass is 9.84. The Morgan fingerprint density at radius 1 is 0.889 bits per heavy atom. The lowest BCUT2D eigenvalue weighted by Gasteiger charge is -2.21. The summed E-state index contributed by atoms with van der Waals surface area (Å²) in [5, 5.41) is 0. The average molecular weight is 359 g/mol. The number of amides is 2. The predicted octanol–water partition coefficient (Wildman–Crippen LogP) is 4.08. The largest absolute Gasteiger partial charge is 0.278 e. The summed E-state index contributed by atoms with van der Waals surface area (Å²) in [5.74, 6) is -0.960. The molecule has 2 heterocycles. The van der Waals surface area contributed by atoms with Crippen LogP contribution in [0.15, 0.2) is 64.6 Å². The van der Waals surface area contributed by atoms with Crippen LogP contribution >= 0.6 is 0 Å². The van der Waals surface area contributed by atoms with Crippen LogP contribution < -0.4 is 0 Å². The van der Waals surface area contributed by atoms with Crippen molar-refractivity contribution in [2.75, 3.05) is 0 Å². The van der Waals surface area contributed by atoms with Crippen LogP contribution in [-0.4, -0.2) is 28.1 Å². The Morgan fingerprint density at radius 3 is 2.04 bits per heavy atom. The third-order valence-electron chi connectivity index (χ3n) is 5.24. The van der Waals surface area contributed by atoms with Gasteiger partial charge in [0.1, 0.15) is 0 Å². The number of benzene rings is 2. The first-order valence-electron chi connectivity index (χ1n) is 9.12. The molecule has 136 valence electrons. The molecule has 0 aliphatic carbocycles. The number of rotatable bonds is 3. The van der Waals surface area contributed by atoms with Gasteiger partial charge in [0.2, 0.25) is 11.8 Å². The summed E-state index contributed by atoms with van der Waals surface area (Å²) in [4.78, 5) is 36.5. The molecule has 0 radical (unpaired) electrons. The van der Waals surface area contributed by atoms with Gasteiger partial charge in [0.05, 0.1) is 23.8 Å². The number of imide groups is 1. The smallest absolute Gasteiger partial charge is 0.234 e. The topological polar surface area (TPSA) is 62.1 Å². The first kappa shape index (κ1) is 17.3. The quantitative estimate of drug-likeness (QED) is 0.775. The number of aliphatic imine (C=N–C) groups is 2. The monoisotopic (exact) mass is 359 g/mol. The van der Waals surface area contributed by atoms with Crippen LogP contribution in [0.1, 0.15) is 25.8 Å². The van der Waals surface area contributed by atoms with Crippen molar-refractivity contribution in [2.24, 2.45) is 21.8 Å². The van der Waals surface area contributed by atoms with Crippen molar-refractivity contribution in [3.8, 4) is 0 Å². The van der Waals surface area contributed by atoms with E-state index in [1.165, 1.54) is 4.90 Å². The Labute approximate surface area is 158 Å². The zero-order valence-electron chi connectivity index (χ0n) is 15.4. The first-order valence-corrected chi connectivity index (χ1v) is 9.12. The number of hydrogen-bond donors (Lipinski definition) is 0. The molecule has 2 aliphatic heterocycles. The van der Waals surface area contributed by atoms with Gasteiger partial charge in [0.15, 0.2) is 0 Å². The number of likely N-dealkylation sites (tertiary alicyclic amines) is 1. The minimum atomic E-state index is -0.442. The lowest BCUT2D eigenvalue weighted by molar-refractivity contribution is -0.140. The van der Waals surface area contributed by atoms with Crippen molar-refractivity contribution in [3.05, 3.63) is 60.2 Å². The molecule has 1 fully saturated rings. The molecule has 2 amide bonds. The summed E-state index contributed by atoms with van der Waals surface area (Å²) in [5.41, 5.74) is 4.20. The molecule has 0 bridgehead atoms. The van der Waals surface area contributed by atoms with Crippen LogP contribution in [0.5, 0.6) is 0 Å². The fraction of sp³-hybridized carbons (Fsp3) is 0.273. The van der Waals surface area contributed by atoms with Crippen LogP contribution in [0.2, 0.25) is 0 Å². The molecule has 1 atom stereocenters. The first-order chi connectivity index (χ1) is 13.0. The summed E-state index contributed by atoms with van der Waals surface area (Å²) in [6, 6.07) is 17.3. The molecule has 1 saturated heterocycles. The minimum Gasteiger partial charge on any atom is -0.278 e. The predicted molar refractivity (Wildman–Crippen MR) is 106 cm³/mol. The molecule has 0 saturated carbocycles. The summed E-state index contributed by atoms with van der Waals surface area (Å²) in [6.45, 7) is 4.15. The van der Waals surface area contributed by atoms with Crippen LogP contribution in [-0.2, 0) is 16.1 Å². The normalized spacial score (nSPS) is 20.2. The lowest BCUT2D eigenvalue weighted by Crippen LogP contribution is -2.35. The molecule has 1 unspecified atom stereocenters.